The van der Waals surface area contributed by atoms with Gasteiger partial charge in [0.15, 0.2) is 0 Å². The van der Waals surface area contributed by atoms with E-state index in [1.165, 1.54) is 16.7 Å². The number of ether oxygens (including phenoxy) is 1. The lowest BCUT2D eigenvalue weighted by atomic mass is 9.94. The number of aromatic nitrogens is 1. The van der Waals surface area contributed by atoms with Gasteiger partial charge in [0.2, 0.25) is 0 Å². The molecule has 2 aromatic rings. The fraction of sp³-hybridized carbons (Fsp3) is 0.353. The van der Waals surface area contributed by atoms with Crippen LogP contribution in [-0.2, 0) is 17.6 Å². The lowest BCUT2D eigenvalue weighted by Crippen LogP contribution is -2.28. The predicted molar refractivity (Wildman–Crippen MR) is 80.7 cm³/mol. The topological polar surface area (TPSA) is 34.2 Å². The molecule has 0 saturated carbocycles. The molecule has 1 aliphatic rings. The molecule has 3 rings (SSSR count). The van der Waals surface area contributed by atoms with E-state index >= 15 is 0 Å². The first kappa shape index (κ1) is 13.3. The minimum Gasteiger partial charge on any atom is -0.376 e. The van der Waals surface area contributed by atoms with Gasteiger partial charge in [-0.05, 0) is 36.7 Å². The van der Waals surface area contributed by atoms with E-state index in [-0.39, 0.29) is 6.10 Å². The number of rotatable bonds is 3. The van der Waals surface area contributed by atoms with E-state index < -0.39 is 0 Å². The van der Waals surface area contributed by atoms with E-state index in [1.54, 1.807) is 0 Å². The molecule has 1 aliphatic heterocycles. The molecule has 0 aliphatic carbocycles. The van der Waals surface area contributed by atoms with Gasteiger partial charge in [-0.3, -0.25) is 4.98 Å². The molecule has 1 aromatic carbocycles. The van der Waals surface area contributed by atoms with Crippen LogP contribution in [0.1, 0.15) is 11.1 Å². The minimum atomic E-state index is 0.264. The van der Waals surface area contributed by atoms with Gasteiger partial charge in [0.1, 0.15) is 0 Å². The smallest absolute Gasteiger partial charge is 0.0739 e. The normalized spacial score (nSPS) is 18.4. The van der Waals surface area contributed by atoms with Gasteiger partial charge in [0.25, 0.3) is 0 Å². The number of nitrogens with one attached hydrogen (secondary N) is 1. The maximum Gasteiger partial charge on any atom is 0.0739 e. The highest BCUT2D eigenvalue weighted by Gasteiger charge is 2.19. The molecule has 0 saturated heterocycles. The van der Waals surface area contributed by atoms with Crippen molar-refractivity contribution in [2.45, 2.75) is 18.9 Å². The predicted octanol–water partition coefficient (Wildman–Crippen LogP) is 2.45. The van der Waals surface area contributed by atoms with Crippen molar-refractivity contribution in [3.63, 3.8) is 0 Å². The van der Waals surface area contributed by atoms with E-state index in [2.05, 4.69) is 34.6 Å². The summed E-state index contributed by atoms with van der Waals surface area (Å²) in [7, 11) is 1.97. The summed E-state index contributed by atoms with van der Waals surface area (Å²) in [6.45, 7) is 1.68. The van der Waals surface area contributed by atoms with Gasteiger partial charge in [-0.15, -0.1) is 0 Å². The van der Waals surface area contributed by atoms with Crippen LogP contribution in [0.5, 0.6) is 0 Å². The van der Waals surface area contributed by atoms with Crippen LogP contribution >= 0.6 is 0 Å². The van der Waals surface area contributed by atoms with Crippen LogP contribution < -0.4 is 5.32 Å². The molecule has 0 fully saturated rings. The van der Waals surface area contributed by atoms with E-state index in [4.69, 9.17) is 4.74 Å². The van der Waals surface area contributed by atoms with Crippen molar-refractivity contribution in [2.24, 2.45) is 0 Å². The Morgan fingerprint density at radius 2 is 2.20 bits per heavy atom. The fourth-order valence-corrected chi connectivity index (χ4v) is 2.87. The van der Waals surface area contributed by atoms with Crippen molar-refractivity contribution in [1.29, 1.82) is 0 Å². The molecule has 3 heteroatoms. The van der Waals surface area contributed by atoms with Gasteiger partial charge in [0.05, 0.1) is 18.4 Å². The molecule has 3 nitrogen and oxygen atoms in total. The summed E-state index contributed by atoms with van der Waals surface area (Å²) in [6.07, 6.45) is 4.05. The number of likely N-dealkylation sites (N-methyl/N-ethyl adjacent to an activating group) is 1. The van der Waals surface area contributed by atoms with Crippen LogP contribution in [-0.4, -0.2) is 31.3 Å². The van der Waals surface area contributed by atoms with Crippen molar-refractivity contribution in [3.8, 4) is 11.3 Å². The Kier molecular flexibility index (Phi) is 4.09. The standard InChI is InChI=1S/C17H20N2O/c1-18-12-14-11-13-5-4-6-16(15(13)8-10-20-14)17-7-2-3-9-19-17/h2-7,9,14,18H,8,10-12H2,1H3/t14-/m1/s1. The van der Waals surface area contributed by atoms with Crippen molar-refractivity contribution in [3.05, 3.63) is 53.7 Å². The number of hydrogen-bond donors (Lipinski definition) is 1. The first-order valence-electron chi connectivity index (χ1n) is 7.17. The number of pyridine rings is 1. The molecule has 2 heterocycles. The van der Waals surface area contributed by atoms with Gasteiger partial charge in [-0.1, -0.05) is 24.3 Å². The highest BCUT2D eigenvalue weighted by molar-refractivity contribution is 5.65. The molecule has 1 aromatic heterocycles. The first-order valence-corrected chi connectivity index (χ1v) is 7.17. The summed E-state index contributed by atoms with van der Waals surface area (Å²) >= 11 is 0. The molecule has 0 radical (unpaired) electrons. The van der Waals surface area contributed by atoms with Crippen LogP contribution in [0, 0.1) is 0 Å². The molecule has 20 heavy (non-hydrogen) atoms. The minimum absolute atomic E-state index is 0.264. The van der Waals surface area contributed by atoms with E-state index in [0.717, 1.165) is 31.7 Å². The summed E-state index contributed by atoms with van der Waals surface area (Å²) in [5.41, 5.74) is 5.09. The number of hydrogen-bond acceptors (Lipinski definition) is 3. The summed E-state index contributed by atoms with van der Waals surface area (Å²) in [5, 5.41) is 3.20. The number of fused-ring (bicyclic) bond motifs is 1. The molecular formula is C17H20N2O. The molecule has 0 spiro atoms. The van der Waals surface area contributed by atoms with Gasteiger partial charge in [-0.2, -0.15) is 0 Å². The van der Waals surface area contributed by atoms with Crippen LogP contribution in [0.25, 0.3) is 11.3 Å². The van der Waals surface area contributed by atoms with Crippen LogP contribution in [0.15, 0.2) is 42.6 Å². The van der Waals surface area contributed by atoms with Crippen molar-refractivity contribution in [1.82, 2.24) is 10.3 Å². The third-order valence-corrected chi connectivity index (χ3v) is 3.80. The Bertz CT molecular complexity index is 568. The number of benzene rings is 1. The molecule has 0 bridgehead atoms. The molecule has 0 amide bonds. The monoisotopic (exact) mass is 268 g/mol. The average molecular weight is 268 g/mol. The van der Waals surface area contributed by atoms with E-state index in [1.807, 2.05) is 25.4 Å². The Labute approximate surface area is 120 Å². The molecule has 104 valence electrons. The largest absolute Gasteiger partial charge is 0.376 e. The second kappa shape index (κ2) is 6.16. The summed E-state index contributed by atoms with van der Waals surface area (Å²) in [5.74, 6) is 0. The summed E-state index contributed by atoms with van der Waals surface area (Å²) in [4.78, 5) is 4.49. The van der Waals surface area contributed by atoms with Crippen LogP contribution in [0.2, 0.25) is 0 Å². The molecule has 1 atom stereocenters. The zero-order valence-corrected chi connectivity index (χ0v) is 11.8. The quantitative estimate of drug-likeness (QED) is 0.928. The third kappa shape index (κ3) is 2.74. The fourth-order valence-electron chi connectivity index (χ4n) is 2.87. The zero-order valence-electron chi connectivity index (χ0n) is 11.8. The maximum absolute atomic E-state index is 5.93. The second-order valence-electron chi connectivity index (χ2n) is 5.16. The summed E-state index contributed by atoms with van der Waals surface area (Å²) in [6, 6.07) is 12.6. The van der Waals surface area contributed by atoms with Crippen molar-refractivity contribution >= 4 is 0 Å². The van der Waals surface area contributed by atoms with Crippen LogP contribution in [0.3, 0.4) is 0 Å². The first-order chi connectivity index (χ1) is 9.88. The highest BCUT2D eigenvalue weighted by atomic mass is 16.5. The Morgan fingerprint density at radius 3 is 3.00 bits per heavy atom. The summed E-state index contributed by atoms with van der Waals surface area (Å²) < 4.78 is 5.93. The van der Waals surface area contributed by atoms with Crippen molar-refractivity contribution < 1.29 is 4.74 Å². The second-order valence-corrected chi connectivity index (χ2v) is 5.16. The van der Waals surface area contributed by atoms with Gasteiger partial charge >= 0.3 is 0 Å². The third-order valence-electron chi connectivity index (χ3n) is 3.80. The molecule has 0 unspecified atom stereocenters. The van der Waals surface area contributed by atoms with Gasteiger partial charge < -0.3 is 10.1 Å². The SMILES string of the molecule is CNC[C@H]1Cc2cccc(-c3ccccn3)c2CCO1. The van der Waals surface area contributed by atoms with Crippen LogP contribution in [0.4, 0.5) is 0 Å². The maximum atomic E-state index is 5.93. The molecule has 1 N–H and O–H groups in total. The lowest BCUT2D eigenvalue weighted by molar-refractivity contribution is 0.0624. The Balaban J connectivity index is 1.98. The van der Waals surface area contributed by atoms with Gasteiger partial charge in [-0.25, -0.2) is 0 Å². The van der Waals surface area contributed by atoms with Crippen molar-refractivity contribution in [2.75, 3.05) is 20.2 Å². The highest BCUT2D eigenvalue weighted by Crippen LogP contribution is 2.28. The van der Waals surface area contributed by atoms with E-state index in [0.29, 0.717) is 0 Å². The van der Waals surface area contributed by atoms with E-state index in [9.17, 15) is 0 Å². The Hall–Kier alpha value is -1.71. The number of nitrogens with zero attached hydrogens (tertiary/aromatic N) is 1. The lowest BCUT2D eigenvalue weighted by Gasteiger charge is -2.15. The van der Waals surface area contributed by atoms with Gasteiger partial charge in [0, 0.05) is 24.7 Å². The Morgan fingerprint density at radius 1 is 1.25 bits per heavy atom. The average Bonchev–Trinajstić information content (AvgIpc) is 2.70. The molecular weight excluding hydrogens is 248 g/mol. The zero-order chi connectivity index (χ0) is 13.8.